The summed E-state index contributed by atoms with van der Waals surface area (Å²) < 4.78 is 5.96. The predicted octanol–water partition coefficient (Wildman–Crippen LogP) is 5.49. The van der Waals surface area contributed by atoms with Gasteiger partial charge in [-0.1, -0.05) is 42.3 Å². The Morgan fingerprint density at radius 3 is 2.32 bits per heavy atom. The second-order valence-corrected chi connectivity index (χ2v) is 10.6. The molecule has 2 aromatic carbocycles. The fraction of sp³-hybridized carbons (Fsp3) is 0.321. The molecule has 1 aromatic heterocycles. The molecule has 3 aromatic rings. The van der Waals surface area contributed by atoms with Crippen LogP contribution in [0.3, 0.4) is 0 Å². The number of likely N-dealkylation sites (N-methyl/N-ethyl adjacent to an activating group) is 1. The fourth-order valence-electron chi connectivity index (χ4n) is 5.60. The summed E-state index contributed by atoms with van der Waals surface area (Å²) in [7, 11) is 1.70. The van der Waals surface area contributed by atoms with E-state index in [1.54, 1.807) is 42.3 Å². The number of amides is 3. The zero-order valence-electron chi connectivity index (χ0n) is 20.6. The van der Waals surface area contributed by atoms with Gasteiger partial charge in [0.2, 0.25) is 5.91 Å². The number of halogens is 2. The van der Waals surface area contributed by atoms with Gasteiger partial charge in [0.25, 0.3) is 0 Å². The van der Waals surface area contributed by atoms with Gasteiger partial charge in [-0.15, -0.1) is 0 Å². The van der Waals surface area contributed by atoms with Crippen LogP contribution in [0.4, 0.5) is 10.5 Å². The minimum Gasteiger partial charge on any atom is -0.465 e. The number of carbonyl (C=O) groups excluding carboxylic acids is 2. The van der Waals surface area contributed by atoms with E-state index in [0.717, 1.165) is 23.5 Å². The molecular weight excluding hydrogens is 511 g/mol. The van der Waals surface area contributed by atoms with Crippen LogP contribution in [-0.2, 0) is 23.2 Å². The van der Waals surface area contributed by atoms with E-state index in [4.69, 9.17) is 27.6 Å². The minimum absolute atomic E-state index is 0.312. The third-order valence-corrected chi connectivity index (χ3v) is 7.75. The van der Waals surface area contributed by atoms with Crippen LogP contribution in [0.2, 0.25) is 10.0 Å². The molecule has 0 bridgehead atoms. The van der Waals surface area contributed by atoms with Crippen molar-refractivity contribution in [1.29, 1.82) is 5.26 Å². The van der Waals surface area contributed by atoms with Gasteiger partial charge in [-0.3, -0.25) is 9.69 Å². The van der Waals surface area contributed by atoms with Crippen LogP contribution in [0.1, 0.15) is 29.6 Å². The van der Waals surface area contributed by atoms with Gasteiger partial charge >= 0.3 is 6.03 Å². The summed E-state index contributed by atoms with van der Waals surface area (Å²) in [4.78, 5) is 32.8. The molecule has 0 saturated carbocycles. The van der Waals surface area contributed by atoms with Crippen molar-refractivity contribution in [3.63, 3.8) is 0 Å². The van der Waals surface area contributed by atoms with Crippen LogP contribution >= 0.6 is 23.2 Å². The summed E-state index contributed by atoms with van der Waals surface area (Å²) in [5, 5.41) is 10.00. The Hall–Kier alpha value is -3.31. The van der Waals surface area contributed by atoms with Gasteiger partial charge in [0.1, 0.15) is 11.5 Å². The molecule has 3 amide bonds. The van der Waals surface area contributed by atoms with E-state index in [1.807, 2.05) is 31.2 Å². The normalized spacial score (nSPS) is 22.2. The summed E-state index contributed by atoms with van der Waals surface area (Å²) >= 11 is 12.5. The Labute approximate surface area is 225 Å². The highest BCUT2D eigenvalue weighted by Gasteiger charge is 2.56. The first kappa shape index (κ1) is 25.3. The Morgan fingerprint density at radius 1 is 1.03 bits per heavy atom. The number of imide groups is 1. The van der Waals surface area contributed by atoms with Crippen LogP contribution in [0.5, 0.6) is 0 Å². The van der Waals surface area contributed by atoms with Gasteiger partial charge in [0.15, 0.2) is 0 Å². The van der Waals surface area contributed by atoms with E-state index in [1.165, 1.54) is 4.90 Å². The molecule has 3 heterocycles. The minimum atomic E-state index is -0.688. The van der Waals surface area contributed by atoms with Crippen molar-refractivity contribution in [1.82, 2.24) is 9.80 Å². The van der Waals surface area contributed by atoms with Crippen molar-refractivity contribution in [2.24, 2.45) is 5.92 Å². The van der Waals surface area contributed by atoms with Gasteiger partial charge in [-0.2, -0.15) is 5.26 Å². The molecule has 2 aliphatic rings. The quantitative estimate of drug-likeness (QED) is 0.430. The Balaban J connectivity index is 1.59. The van der Waals surface area contributed by atoms with Gasteiger partial charge < -0.3 is 9.32 Å². The first-order valence-electron chi connectivity index (χ1n) is 12.1. The van der Waals surface area contributed by atoms with Crippen LogP contribution < -0.4 is 4.90 Å². The van der Waals surface area contributed by atoms with Gasteiger partial charge in [0, 0.05) is 48.6 Å². The molecular formula is C28H26Cl2N4O3. The highest BCUT2D eigenvalue weighted by molar-refractivity contribution is 6.35. The number of hydrogen-bond donors (Lipinski definition) is 0. The number of carbonyl (C=O) groups is 2. The highest BCUT2D eigenvalue weighted by atomic mass is 35.5. The molecule has 5 rings (SSSR count). The number of fused-ring (bicyclic) bond motifs is 1. The molecule has 0 N–H and O–H groups in total. The number of furan rings is 1. The topological polar surface area (TPSA) is 80.8 Å². The lowest BCUT2D eigenvalue weighted by molar-refractivity contribution is -0.122. The number of benzene rings is 2. The van der Waals surface area contributed by atoms with Crippen LogP contribution in [0.15, 0.2) is 59.0 Å². The Kier molecular flexibility index (Phi) is 6.76. The standard InChI is InChI=1S/C28H26Cl2N4O3/c1-3-23-8-9-24(37-23)14-33-15-25-26(35)34(22-11-20(29)10-21(30)12-22)27(36)32(2)16-28(25,17-33)19-6-4-18(13-31)5-7-19/h4-12,25H,3,14-17H2,1-2H3/t25-,28-/m0/s1. The lowest BCUT2D eigenvalue weighted by atomic mass is 9.71. The molecule has 9 heteroatoms. The van der Waals surface area contributed by atoms with Crippen molar-refractivity contribution in [2.45, 2.75) is 25.3 Å². The molecule has 0 spiro atoms. The molecule has 0 radical (unpaired) electrons. The van der Waals surface area contributed by atoms with Crippen LogP contribution in [-0.4, -0.2) is 48.4 Å². The number of rotatable bonds is 5. The second kappa shape index (κ2) is 9.86. The van der Waals surface area contributed by atoms with E-state index in [2.05, 4.69) is 11.0 Å². The van der Waals surface area contributed by atoms with Gasteiger partial charge in [0.05, 0.1) is 29.8 Å². The zero-order valence-corrected chi connectivity index (χ0v) is 22.1. The number of nitrogens with zero attached hydrogens (tertiary/aromatic N) is 4. The molecule has 7 nitrogen and oxygen atoms in total. The van der Waals surface area contributed by atoms with Crippen molar-refractivity contribution in [3.8, 4) is 6.07 Å². The Morgan fingerprint density at radius 2 is 1.70 bits per heavy atom. The molecule has 0 unspecified atom stereocenters. The number of nitriles is 1. The SMILES string of the molecule is CCc1ccc(CN2C[C@H]3C(=O)N(c4cc(Cl)cc(Cl)c4)C(=O)N(C)C[C@@]3(c3ccc(C#N)cc3)C2)o1. The molecule has 0 aliphatic carbocycles. The average Bonchev–Trinajstić information content (AvgIpc) is 3.46. The maximum absolute atomic E-state index is 14.2. The maximum atomic E-state index is 14.2. The molecule has 2 atom stereocenters. The van der Waals surface area contributed by atoms with Crippen LogP contribution in [0, 0.1) is 17.2 Å². The lowest BCUT2D eigenvalue weighted by Crippen LogP contribution is -2.45. The summed E-state index contributed by atoms with van der Waals surface area (Å²) in [6.07, 6.45) is 0.806. The molecule has 2 fully saturated rings. The van der Waals surface area contributed by atoms with E-state index in [-0.39, 0.29) is 5.91 Å². The largest absolute Gasteiger partial charge is 0.465 e. The van der Waals surface area contributed by atoms with Crippen molar-refractivity contribution in [3.05, 3.63) is 87.3 Å². The highest BCUT2D eigenvalue weighted by Crippen LogP contribution is 2.44. The summed E-state index contributed by atoms with van der Waals surface area (Å²) in [6.45, 7) is 3.89. The first-order valence-corrected chi connectivity index (χ1v) is 12.9. The maximum Gasteiger partial charge on any atom is 0.331 e. The van der Waals surface area contributed by atoms with E-state index in [9.17, 15) is 14.9 Å². The monoisotopic (exact) mass is 536 g/mol. The van der Waals surface area contributed by atoms with E-state index in [0.29, 0.717) is 47.5 Å². The van der Waals surface area contributed by atoms with Gasteiger partial charge in [-0.05, 0) is 48.0 Å². The van der Waals surface area contributed by atoms with E-state index >= 15 is 0 Å². The number of likely N-dealkylation sites (tertiary alicyclic amines) is 1. The zero-order chi connectivity index (χ0) is 26.3. The average molecular weight is 537 g/mol. The number of anilines is 1. The number of urea groups is 1. The fourth-order valence-corrected chi connectivity index (χ4v) is 6.11. The number of aryl methyl sites for hydroxylation is 1. The third-order valence-electron chi connectivity index (χ3n) is 7.31. The molecule has 190 valence electrons. The molecule has 2 saturated heterocycles. The van der Waals surface area contributed by atoms with Crippen LogP contribution in [0.25, 0.3) is 0 Å². The Bertz CT molecular complexity index is 1380. The van der Waals surface area contributed by atoms with Crippen molar-refractivity contribution in [2.75, 3.05) is 31.6 Å². The van der Waals surface area contributed by atoms with Crippen molar-refractivity contribution < 1.29 is 14.0 Å². The first-order chi connectivity index (χ1) is 17.7. The number of hydrogen-bond acceptors (Lipinski definition) is 5. The smallest absolute Gasteiger partial charge is 0.331 e. The van der Waals surface area contributed by atoms with E-state index < -0.39 is 17.4 Å². The van der Waals surface area contributed by atoms with Crippen molar-refractivity contribution >= 4 is 40.8 Å². The summed E-state index contributed by atoms with van der Waals surface area (Å²) in [5.41, 5.74) is 1.10. The third kappa shape index (κ3) is 4.61. The summed E-state index contributed by atoms with van der Waals surface area (Å²) in [6, 6.07) is 17.7. The predicted molar refractivity (Wildman–Crippen MR) is 142 cm³/mol. The lowest BCUT2D eigenvalue weighted by Gasteiger charge is -2.34. The molecule has 2 aliphatic heterocycles. The second-order valence-electron chi connectivity index (χ2n) is 9.73. The molecule has 37 heavy (non-hydrogen) atoms. The van der Waals surface area contributed by atoms with Gasteiger partial charge in [-0.25, -0.2) is 9.69 Å². The summed E-state index contributed by atoms with van der Waals surface area (Å²) in [5.74, 6) is 0.898.